The zero-order chi connectivity index (χ0) is 17.0. The van der Waals surface area contributed by atoms with Crippen LogP contribution in [0.3, 0.4) is 0 Å². The predicted octanol–water partition coefficient (Wildman–Crippen LogP) is 3.96. The summed E-state index contributed by atoms with van der Waals surface area (Å²) in [7, 11) is -2.38. The minimum Gasteiger partial charge on any atom is -0.379 e. The van der Waals surface area contributed by atoms with Crippen molar-refractivity contribution in [3.8, 4) is 0 Å². The number of hydrogen-bond donors (Lipinski definition) is 2. The Kier molecular flexibility index (Phi) is 15.7. The smallest absolute Gasteiger partial charge is 0.327 e. The minimum absolute atomic E-state index is 0.185. The summed E-state index contributed by atoms with van der Waals surface area (Å²) in [6.07, 6.45) is 0.749. The lowest BCUT2D eigenvalue weighted by Gasteiger charge is -2.32. The summed E-state index contributed by atoms with van der Waals surface area (Å²) in [6, 6.07) is 0. The third-order valence-electron chi connectivity index (χ3n) is 2.98. The van der Waals surface area contributed by atoms with Crippen LogP contribution in [0.2, 0.25) is 0 Å². The molecule has 0 heterocycles. The van der Waals surface area contributed by atoms with E-state index in [0.717, 1.165) is 17.1 Å². The summed E-state index contributed by atoms with van der Waals surface area (Å²) < 4.78 is 16.5. The molecule has 2 N–H and O–H groups in total. The highest BCUT2D eigenvalue weighted by Gasteiger charge is 2.31. The molecule has 0 bridgehead atoms. The molecule has 0 aliphatic rings. The van der Waals surface area contributed by atoms with E-state index < -0.39 is 14.0 Å². The van der Waals surface area contributed by atoms with Crippen molar-refractivity contribution in [2.75, 3.05) is 43.7 Å². The fourth-order valence-electron chi connectivity index (χ4n) is 1.52. The Hall–Kier alpha value is 2.15. The molecule has 2 atom stereocenters. The van der Waals surface area contributed by atoms with E-state index in [1.54, 1.807) is 0 Å². The van der Waals surface area contributed by atoms with Crippen molar-refractivity contribution in [2.45, 2.75) is 23.0 Å². The molecule has 10 heteroatoms. The quantitative estimate of drug-likeness (QED) is 0.235. The number of rotatable bonds is 14. The van der Waals surface area contributed by atoms with Crippen LogP contribution in [0.4, 0.5) is 0 Å². The molecule has 22 heavy (non-hydrogen) atoms. The van der Waals surface area contributed by atoms with E-state index in [1.165, 1.54) is 0 Å². The SMILES string of the molecule is CCC(COCC(Br)CBr)(COCC(Br)CBr)COP(O)O. The molecular formula is C12H23Br4O5P. The van der Waals surface area contributed by atoms with Gasteiger partial charge in [0.25, 0.3) is 0 Å². The average Bonchev–Trinajstić information content (AvgIpc) is 2.51. The summed E-state index contributed by atoms with van der Waals surface area (Å²) in [5.41, 5.74) is -0.399. The summed E-state index contributed by atoms with van der Waals surface area (Å²) >= 11 is 13.7. The lowest BCUT2D eigenvalue weighted by atomic mass is 9.88. The summed E-state index contributed by atoms with van der Waals surface area (Å²) in [4.78, 5) is 18.5. The molecule has 0 amide bonds. The second-order valence-corrected chi connectivity index (χ2v) is 9.56. The Labute approximate surface area is 167 Å². The van der Waals surface area contributed by atoms with Crippen LogP contribution in [-0.2, 0) is 14.0 Å². The number of ether oxygens (including phenoxy) is 2. The van der Waals surface area contributed by atoms with Crippen molar-refractivity contribution in [1.82, 2.24) is 0 Å². The summed E-state index contributed by atoms with van der Waals surface area (Å²) in [5, 5.41) is 1.60. The highest BCUT2D eigenvalue weighted by atomic mass is 79.9. The average molecular weight is 598 g/mol. The second kappa shape index (κ2) is 14.3. The van der Waals surface area contributed by atoms with Crippen molar-refractivity contribution in [1.29, 1.82) is 0 Å². The fraction of sp³-hybridized carbons (Fsp3) is 1.00. The van der Waals surface area contributed by atoms with Gasteiger partial charge in [0.05, 0.1) is 33.0 Å². The topological polar surface area (TPSA) is 68.2 Å². The van der Waals surface area contributed by atoms with Gasteiger partial charge in [-0.25, -0.2) is 0 Å². The molecule has 0 aromatic carbocycles. The maximum atomic E-state index is 9.00. The second-order valence-electron chi connectivity index (χ2n) is 4.91. The van der Waals surface area contributed by atoms with Crippen LogP contribution in [0.25, 0.3) is 0 Å². The van der Waals surface area contributed by atoms with Crippen molar-refractivity contribution >= 4 is 72.3 Å². The van der Waals surface area contributed by atoms with Gasteiger partial charge in [0.2, 0.25) is 0 Å². The largest absolute Gasteiger partial charge is 0.379 e. The monoisotopic (exact) mass is 594 g/mol. The van der Waals surface area contributed by atoms with Crippen LogP contribution >= 0.6 is 72.3 Å². The molecule has 5 nitrogen and oxygen atoms in total. The fourth-order valence-corrected chi connectivity index (χ4v) is 2.66. The molecule has 0 saturated heterocycles. The molecule has 134 valence electrons. The van der Waals surface area contributed by atoms with Crippen LogP contribution in [0.1, 0.15) is 13.3 Å². The first-order valence-electron chi connectivity index (χ1n) is 6.75. The first kappa shape index (κ1) is 24.1. The van der Waals surface area contributed by atoms with Gasteiger partial charge in [-0.2, -0.15) is 0 Å². The van der Waals surface area contributed by atoms with E-state index in [-0.39, 0.29) is 16.3 Å². The molecule has 0 aromatic rings. The Morgan fingerprint density at radius 2 is 1.41 bits per heavy atom. The molecule has 0 rings (SSSR count). The Balaban J connectivity index is 4.49. The van der Waals surface area contributed by atoms with Gasteiger partial charge in [-0.15, -0.1) is 0 Å². The van der Waals surface area contributed by atoms with Gasteiger partial charge in [0.1, 0.15) is 0 Å². The number of hydrogen-bond acceptors (Lipinski definition) is 5. The van der Waals surface area contributed by atoms with E-state index in [2.05, 4.69) is 63.7 Å². The van der Waals surface area contributed by atoms with Crippen LogP contribution in [0, 0.1) is 5.41 Å². The highest BCUT2D eigenvalue weighted by Crippen LogP contribution is 2.32. The predicted molar refractivity (Wildman–Crippen MR) is 105 cm³/mol. The van der Waals surface area contributed by atoms with E-state index in [4.69, 9.17) is 23.8 Å². The molecule has 0 aliphatic heterocycles. The first-order valence-corrected chi connectivity index (χ1v) is 12.0. The Bertz CT molecular complexity index is 260. The summed E-state index contributed by atoms with van der Waals surface area (Å²) in [5.74, 6) is 0. The molecule has 0 saturated carbocycles. The van der Waals surface area contributed by atoms with Crippen LogP contribution < -0.4 is 0 Å². The van der Waals surface area contributed by atoms with Crippen molar-refractivity contribution in [3.63, 3.8) is 0 Å². The van der Waals surface area contributed by atoms with E-state index in [9.17, 15) is 0 Å². The molecule has 0 aromatic heterocycles. The zero-order valence-corrected chi connectivity index (χ0v) is 19.6. The van der Waals surface area contributed by atoms with Crippen molar-refractivity contribution < 1.29 is 23.8 Å². The number of alkyl halides is 4. The third kappa shape index (κ3) is 11.7. The van der Waals surface area contributed by atoms with Crippen molar-refractivity contribution in [2.24, 2.45) is 5.41 Å². The van der Waals surface area contributed by atoms with Crippen LogP contribution in [0.15, 0.2) is 0 Å². The normalized spacial score (nSPS) is 17.5. The van der Waals surface area contributed by atoms with Crippen LogP contribution in [0.5, 0.6) is 0 Å². The number of halogens is 4. The molecule has 0 spiro atoms. The molecule has 2 unspecified atom stereocenters. The molecular weight excluding hydrogens is 575 g/mol. The first-order chi connectivity index (χ1) is 10.4. The van der Waals surface area contributed by atoms with E-state index in [1.807, 2.05) is 6.92 Å². The zero-order valence-electron chi connectivity index (χ0n) is 12.4. The van der Waals surface area contributed by atoms with Gasteiger partial charge >= 0.3 is 8.60 Å². The molecule has 0 fully saturated rings. The lowest BCUT2D eigenvalue weighted by Crippen LogP contribution is -2.37. The van der Waals surface area contributed by atoms with Gasteiger partial charge in [0, 0.05) is 25.7 Å². The van der Waals surface area contributed by atoms with E-state index in [0.29, 0.717) is 26.4 Å². The van der Waals surface area contributed by atoms with Gasteiger partial charge in [-0.3, -0.25) is 0 Å². The highest BCUT2D eigenvalue weighted by molar-refractivity contribution is 9.12. The van der Waals surface area contributed by atoms with Crippen molar-refractivity contribution in [3.05, 3.63) is 0 Å². The van der Waals surface area contributed by atoms with Gasteiger partial charge in [-0.05, 0) is 6.42 Å². The van der Waals surface area contributed by atoms with Crippen LogP contribution in [-0.4, -0.2) is 63.1 Å². The third-order valence-corrected chi connectivity index (χ3v) is 7.82. The van der Waals surface area contributed by atoms with Gasteiger partial charge in [0.15, 0.2) is 0 Å². The maximum Gasteiger partial charge on any atom is 0.327 e. The Morgan fingerprint density at radius 1 is 0.955 bits per heavy atom. The van der Waals surface area contributed by atoms with Gasteiger partial charge < -0.3 is 23.8 Å². The maximum absolute atomic E-state index is 9.00. The molecule has 0 radical (unpaired) electrons. The minimum atomic E-state index is -2.38. The molecule has 0 aliphatic carbocycles. The lowest BCUT2D eigenvalue weighted by molar-refractivity contribution is -0.0472. The van der Waals surface area contributed by atoms with Gasteiger partial charge in [-0.1, -0.05) is 70.6 Å². The summed E-state index contributed by atoms with van der Waals surface area (Å²) in [6.45, 7) is 4.18. The Morgan fingerprint density at radius 3 is 1.73 bits per heavy atom. The van der Waals surface area contributed by atoms with E-state index >= 15 is 0 Å². The standard InChI is InChI=1S/C12H23Br4O5P/c1-2-12(9-21-22(17)18,7-19-5-10(15)3-13)8-20-6-11(16)4-14/h10-11,17-18H,2-9H2,1H3.